The standard InChI is InChI=1S/C17H25N3O2/c1-18(2)14-7-5-13(6-8-14)17(22)20-11-15(16(21)12-20)19-9-3-4-10-19/h5-8,15-16,21H,3-4,9-12H2,1-2H3. The van der Waals surface area contributed by atoms with E-state index >= 15 is 0 Å². The molecule has 2 unspecified atom stereocenters. The van der Waals surface area contributed by atoms with Gasteiger partial charge in [0.15, 0.2) is 0 Å². The van der Waals surface area contributed by atoms with Gasteiger partial charge in [0.1, 0.15) is 0 Å². The number of amides is 1. The molecular weight excluding hydrogens is 278 g/mol. The number of β-amino-alcohol motifs (C(OH)–C–C–N with tert-alkyl or cyclic N) is 1. The number of hydrogen-bond acceptors (Lipinski definition) is 4. The number of nitrogens with zero attached hydrogens (tertiary/aromatic N) is 3. The molecule has 0 aromatic heterocycles. The van der Waals surface area contributed by atoms with Gasteiger partial charge in [0.2, 0.25) is 0 Å². The van der Waals surface area contributed by atoms with Gasteiger partial charge in [0.25, 0.3) is 5.91 Å². The molecule has 5 nitrogen and oxygen atoms in total. The smallest absolute Gasteiger partial charge is 0.253 e. The first kappa shape index (κ1) is 15.3. The van der Waals surface area contributed by atoms with Crippen LogP contribution >= 0.6 is 0 Å². The molecule has 5 heteroatoms. The van der Waals surface area contributed by atoms with E-state index < -0.39 is 6.10 Å². The summed E-state index contributed by atoms with van der Waals surface area (Å²) in [4.78, 5) is 18.7. The molecule has 0 spiro atoms. The minimum Gasteiger partial charge on any atom is -0.390 e. The van der Waals surface area contributed by atoms with Crippen molar-refractivity contribution >= 4 is 11.6 Å². The summed E-state index contributed by atoms with van der Waals surface area (Å²) < 4.78 is 0. The van der Waals surface area contributed by atoms with E-state index in [-0.39, 0.29) is 11.9 Å². The number of benzene rings is 1. The van der Waals surface area contributed by atoms with Crippen LogP contribution in [0.3, 0.4) is 0 Å². The zero-order valence-electron chi connectivity index (χ0n) is 13.4. The molecular formula is C17H25N3O2. The third-order valence-electron chi connectivity index (χ3n) is 4.79. The van der Waals surface area contributed by atoms with Crippen molar-refractivity contribution in [3.63, 3.8) is 0 Å². The lowest BCUT2D eigenvalue weighted by molar-refractivity contribution is 0.0763. The highest BCUT2D eigenvalue weighted by Gasteiger charge is 2.38. The monoisotopic (exact) mass is 303 g/mol. The quantitative estimate of drug-likeness (QED) is 0.906. The van der Waals surface area contributed by atoms with Crippen molar-refractivity contribution in [1.29, 1.82) is 0 Å². The largest absolute Gasteiger partial charge is 0.390 e. The third-order valence-corrected chi connectivity index (χ3v) is 4.79. The molecule has 1 amide bonds. The van der Waals surface area contributed by atoms with Crippen molar-refractivity contribution in [3.8, 4) is 0 Å². The first-order chi connectivity index (χ1) is 10.6. The first-order valence-electron chi connectivity index (χ1n) is 8.05. The summed E-state index contributed by atoms with van der Waals surface area (Å²) in [5, 5.41) is 10.3. The Morgan fingerprint density at radius 3 is 2.36 bits per heavy atom. The van der Waals surface area contributed by atoms with Gasteiger partial charge < -0.3 is 14.9 Å². The Labute approximate surface area is 132 Å². The highest BCUT2D eigenvalue weighted by molar-refractivity contribution is 5.94. The minimum atomic E-state index is -0.428. The molecule has 1 N–H and O–H groups in total. The second-order valence-electron chi connectivity index (χ2n) is 6.53. The molecule has 2 aliphatic rings. The van der Waals surface area contributed by atoms with Crippen molar-refractivity contribution in [2.75, 3.05) is 45.2 Å². The van der Waals surface area contributed by atoms with E-state index in [2.05, 4.69) is 4.90 Å². The summed E-state index contributed by atoms with van der Waals surface area (Å²) in [6.45, 7) is 3.16. The predicted octanol–water partition coefficient (Wildman–Crippen LogP) is 1.03. The van der Waals surface area contributed by atoms with Gasteiger partial charge in [-0.25, -0.2) is 0 Å². The number of rotatable bonds is 3. The number of aliphatic hydroxyl groups is 1. The van der Waals surface area contributed by atoms with Crippen LogP contribution in [0.25, 0.3) is 0 Å². The van der Waals surface area contributed by atoms with E-state index in [0.29, 0.717) is 18.7 Å². The number of carbonyl (C=O) groups excluding carboxylic acids is 1. The van der Waals surface area contributed by atoms with Crippen LogP contribution in [0, 0.1) is 0 Å². The van der Waals surface area contributed by atoms with E-state index in [1.165, 1.54) is 12.8 Å². The number of hydrogen-bond donors (Lipinski definition) is 1. The zero-order valence-corrected chi connectivity index (χ0v) is 13.4. The van der Waals surface area contributed by atoms with Crippen LogP contribution in [0.5, 0.6) is 0 Å². The second-order valence-corrected chi connectivity index (χ2v) is 6.53. The minimum absolute atomic E-state index is 0.0195. The average molecular weight is 303 g/mol. The van der Waals surface area contributed by atoms with Crippen molar-refractivity contribution in [2.24, 2.45) is 0 Å². The van der Waals surface area contributed by atoms with Gasteiger partial charge in [-0.1, -0.05) is 0 Å². The molecule has 1 aromatic carbocycles. The van der Waals surface area contributed by atoms with E-state index in [0.717, 1.165) is 18.8 Å². The summed E-state index contributed by atoms with van der Waals surface area (Å²) in [6, 6.07) is 7.75. The molecule has 2 atom stereocenters. The summed E-state index contributed by atoms with van der Waals surface area (Å²) in [5.74, 6) is 0.0195. The van der Waals surface area contributed by atoms with E-state index in [1.807, 2.05) is 43.3 Å². The Bertz CT molecular complexity index is 523. The molecule has 0 aliphatic carbocycles. The molecule has 120 valence electrons. The molecule has 3 rings (SSSR count). The maximum Gasteiger partial charge on any atom is 0.253 e. The van der Waals surface area contributed by atoms with Crippen molar-refractivity contribution < 1.29 is 9.90 Å². The molecule has 0 radical (unpaired) electrons. The van der Waals surface area contributed by atoms with Crippen LogP contribution in [0.15, 0.2) is 24.3 Å². The Balaban J connectivity index is 1.67. The van der Waals surface area contributed by atoms with Crippen LogP contribution in [0.1, 0.15) is 23.2 Å². The molecule has 0 bridgehead atoms. The molecule has 22 heavy (non-hydrogen) atoms. The fourth-order valence-electron chi connectivity index (χ4n) is 3.45. The summed E-state index contributed by atoms with van der Waals surface area (Å²) in [6.07, 6.45) is 1.97. The Kier molecular flexibility index (Phi) is 4.36. The molecule has 1 aromatic rings. The first-order valence-corrected chi connectivity index (χ1v) is 8.05. The highest BCUT2D eigenvalue weighted by Crippen LogP contribution is 2.23. The van der Waals surface area contributed by atoms with Crippen LogP contribution in [-0.4, -0.2) is 73.2 Å². The lowest BCUT2D eigenvalue weighted by Crippen LogP contribution is -2.41. The van der Waals surface area contributed by atoms with Crippen LogP contribution in [0.4, 0.5) is 5.69 Å². The zero-order chi connectivity index (χ0) is 15.7. The van der Waals surface area contributed by atoms with Crippen LogP contribution in [0.2, 0.25) is 0 Å². The SMILES string of the molecule is CN(C)c1ccc(C(=O)N2CC(O)C(N3CCCC3)C2)cc1. The van der Waals surface area contributed by atoms with Gasteiger partial charge in [-0.05, 0) is 50.2 Å². The Hall–Kier alpha value is -1.59. The lowest BCUT2D eigenvalue weighted by Gasteiger charge is -2.25. The summed E-state index contributed by atoms with van der Waals surface area (Å²) >= 11 is 0. The van der Waals surface area contributed by atoms with Crippen molar-refractivity contribution in [2.45, 2.75) is 25.0 Å². The van der Waals surface area contributed by atoms with Gasteiger partial charge in [0.05, 0.1) is 12.1 Å². The maximum absolute atomic E-state index is 12.6. The molecule has 2 saturated heterocycles. The topological polar surface area (TPSA) is 47.0 Å². The lowest BCUT2D eigenvalue weighted by atomic mass is 10.2. The normalized spacial score (nSPS) is 25.7. The van der Waals surface area contributed by atoms with Gasteiger partial charge in [-0.15, -0.1) is 0 Å². The molecule has 2 aliphatic heterocycles. The number of aliphatic hydroxyl groups excluding tert-OH is 1. The van der Waals surface area contributed by atoms with Crippen molar-refractivity contribution in [1.82, 2.24) is 9.80 Å². The summed E-state index contributed by atoms with van der Waals surface area (Å²) in [7, 11) is 3.96. The maximum atomic E-state index is 12.6. The van der Waals surface area contributed by atoms with E-state index in [1.54, 1.807) is 4.90 Å². The van der Waals surface area contributed by atoms with Crippen LogP contribution < -0.4 is 4.90 Å². The predicted molar refractivity (Wildman–Crippen MR) is 87.3 cm³/mol. The molecule has 2 heterocycles. The Morgan fingerprint density at radius 1 is 1.14 bits per heavy atom. The number of carbonyl (C=O) groups is 1. The fourth-order valence-corrected chi connectivity index (χ4v) is 3.45. The van der Waals surface area contributed by atoms with E-state index in [9.17, 15) is 9.90 Å². The van der Waals surface area contributed by atoms with Crippen LogP contribution in [-0.2, 0) is 0 Å². The van der Waals surface area contributed by atoms with E-state index in [4.69, 9.17) is 0 Å². The Morgan fingerprint density at radius 2 is 1.77 bits per heavy atom. The van der Waals surface area contributed by atoms with Gasteiger partial charge >= 0.3 is 0 Å². The highest BCUT2D eigenvalue weighted by atomic mass is 16.3. The van der Waals surface area contributed by atoms with Gasteiger partial charge in [0, 0.05) is 38.4 Å². The average Bonchev–Trinajstić information content (AvgIpc) is 3.15. The second kappa shape index (κ2) is 6.26. The van der Waals surface area contributed by atoms with Crippen molar-refractivity contribution in [3.05, 3.63) is 29.8 Å². The number of anilines is 1. The fraction of sp³-hybridized carbons (Fsp3) is 0.588. The molecule has 2 fully saturated rings. The van der Waals surface area contributed by atoms with Gasteiger partial charge in [-0.3, -0.25) is 9.69 Å². The van der Waals surface area contributed by atoms with Gasteiger partial charge in [-0.2, -0.15) is 0 Å². The molecule has 0 saturated carbocycles. The summed E-state index contributed by atoms with van der Waals surface area (Å²) in [5.41, 5.74) is 1.77. The number of likely N-dealkylation sites (tertiary alicyclic amines) is 2. The third kappa shape index (κ3) is 2.96.